The van der Waals surface area contributed by atoms with E-state index in [2.05, 4.69) is 32.6 Å². The van der Waals surface area contributed by atoms with Crippen molar-refractivity contribution in [1.29, 1.82) is 0 Å². The van der Waals surface area contributed by atoms with Crippen molar-refractivity contribution in [2.75, 3.05) is 0 Å². The van der Waals surface area contributed by atoms with Gasteiger partial charge in [0.1, 0.15) is 7.28 Å². The van der Waals surface area contributed by atoms with Crippen LogP contribution in [-0.4, -0.2) is 30.2 Å². The van der Waals surface area contributed by atoms with Gasteiger partial charge in [0, 0.05) is 18.5 Å². The minimum atomic E-state index is 0.379. The third kappa shape index (κ3) is 2.12. The first-order valence-corrected chi connectivity index (χ1v) is 8.76. The number of hydrogen-bond acceptors (Lipinski definition) is 1. The normalized spacial score (nSPS) is 40.8. The SMILES string of the molecule is CC(C)N1C(=O)CCC2C3BC(C(C)C)(CCCC21)C3. The van der Waals surface area contributed by atoms with Crippen LogP contribution in [0.4, 0.5) is 0 Å². The molecule has 3 heteroatoms. The lowest BCUT2D eigenvalue weighted by molar-refractivity contribution is -0.142. The Balaban J connectivity index is 1.79. The number of carbonyl (C=O) groups is 1. The number of carbonyl (C=O) groups excluding carboxylic acids is 1. The molecule has 1 saturated carbocycles. The molecular formula is C17H30BNO. The lowest BCUT2D eigenvalue weighted by Crippen LogP contribution is -2.57. The van der Waals surface area contributed by atoms with Crippen LogP contribution in [0.2, 0.25) is 11.1 Å². The summed E-state index contributed by atoms with van der Waals surface area (Å²) < 4.78 is 0. The van der Waals surface area contributed by atoms with Crippen molar-refractivity contribution >= 4 is 13.2 Å². The maximum absolute atomic E-state index is 12.3. The molecule has 0 aromatic heterocycles. The molecule has 4 rings (SSSR count). The summed E-state index contributed by atoms with van der Waals surface area (Å²) in [5.74, 6) is 2.94. The molecule has 2 nitrogen and oxygen atoms in total. The molecule has 20 heavy (non-hydrogen) atoms. The quantitative estimate of drug-likeness (QED) is 0.705. The van der Waals surface area contributed by atoms with E-state index in [4.69, 9.17) is 0 Å². The van der Waals surface area contributed by atoms with E-state index in [1.807, 2.05) is 0 Å². The first kappa shape index (κ1) is 14.5. The van der Waals surface area contributed by atoms with E-state index in [1.54, 1.807) is 0 Å². The molecule has 3 heterocycles. The standard InChI is InChI=1S/C17H30BNO/c1-11(2)17-9-5-6-15-13(14(10-17)18-17)7-8-16(20)19(15)12(3)4/h11-15,18H,5-10H2,1-4H3. The van der Waals surface area contributed by atoms with Gasteiger partial charge in [0.05, 0.1) is 0 Å². The van der Waals surface area contributed by atoms with Crippen molar-refractivity contribution < 1.29 is 4.79 Å². The summed E-state index contributed by atoms with van der Waals surface area (Å²) >= 11 is 0. The number of likely N-dealkylation sites (tertiary alicyclic amines) is 1. The Morgan fingerprint density at radius 2 is 1.95 bits per heavy atom. The van der Waals surface area contributed by atoms with Crippen LogP contribution in [0.1, 0.15) is 66.2 Å². The second kappa shape index (κ2) is 5.07. The van der Waals surface area contributed by atoms with Crippen molar-refractivity contribution in [3.8, 4) is 0 Å². The van der Waals surface area contributed by atoms with Gasteiger partial charge < -0.3 is 4.90 Å². The lowest BCUT2D eigenvalue weighted by Gasteiger charge is -2.59. The predicted octanol–water partition coefficient (Wildman–Crippen LogP) is 3.63. The van der Waals surface area contributed by atoms with Crippen LogP contribution in [0.15, 0.2) is 0 Å². The summed E-state index contributed by atoms with van der Waals surface area (Å²) in [7, 11) is 1.44. The van der Waals surface area contributed by atoms with Gasteiger partial charge in [0.15, 0.2) is 0 Å². The summed E-state index contributed by atoms with van der Waals surface area (Å²) in [6.45, 7) is 9.22. The van der Waals surface area contributed by atoms with Crippen molar-refractivity contribution in [2.24, 2.45) is 11.8 Å². The second-order valence-electron chi connectivity index (χ2n) is 8.24. The molecule has 0 aromatic carbocycles. The molecule has 0 radical (unpaired) electrons. The Morgan fingerprint density at radius 1 is 1.25 bits per heavy atom. The van der Waals surface area contributed by atoms with E-state index in [-0.39, 0.29) is 0 Å². The molecule has 0 spiro atoms. The van der Waals surface area contributed by atoms with Crippen LogP contribution in [0, 0.1) is 11.8 Å². The zero-order valence-electron chi connectivity index (χ0n) is 13.7. The summed E-state index contributed by atoms with van der Waals surface area (Å²) in [4.78, 5) is 14.6. The summed E-state index contributed by atoms with van der Waals surface area (Å²) in [5.41, 5.74) is 0. The molecule has 3 aliphatic heterocycles. The van der Waals surface area contributed by atoms with Crippen molar-refractivity contribution in [3.05, 3.63) is 0 Å². The van der Waals surface area contributed by atoms with Crippen molar-refractivity contribution in [1.82, 2.24) is 4.90 Å². The highest BCUT2D eigenvalue weighted by molar-refractivity contribution is 6.46. The molecule has 0 aromatic rings. The minimum Gasteiger partial charge on any atom is -0.337 e. The third-order valence-electron chi connectivity index (χ3n) is 6.73. The fourth-order valence-electron chi connectivity index (χ4n) is 5.49. The summed E-state index contributed by atoms with van der Waals surface area (Å²) in [6, 6.07) is 0.927. The minimum absolute atomic E-state index is 0.379. The fourth-order valence-corrected chi connectivity index (χ4v) is 5.49. The highest BCUT2D eigenvalue weighted by Gasteiger charge is 2.54. The smallest absolute Gasteiger partial charge is 0.223 e. The molecule has 4 aliphatic rings. The van der Waals surface area contributed by atoms with Gasteiger partial charge in [-0.1, -0.05) is 44.2 Å². The molecule has 2 bridgehead atoms. The van der Waals surface area contributed by atoms with Gasteiger partial charge in [-0.25, -0.2) is 0 Å². The summed E-state index contributed by atoms with van der Waals surface area (Å²) in [6.07, 6.45) is 7.36. The maximum Gasteiger partial charge on any atom is 0.223 e. The zero-order chi connectivity index (χ0) is 14.5. The van der Waals surface area contributed by atoms with E-state index in [0.717, 1.165) is 30.5 Å². The maximum atomic E-state index is 12.3. The Bertz CT molecular complexity index is 386. The molecule has 3 saturated heterocycles. The Kier molecular flexibility index (Phi) is 3.67. The Morgan fingerprint density at radius 3 is 2.55 bits per heavy atom. The first-order chi connectivity index (χ1) is 9.44. The topological polar surface area (TPSA) is 20.3 Å². The van der Waals surface area contributed by atoms with Crippen LogP contribution in [0.5, 0.6) is 0 Å². The number of hydrogen-bond donors (Lipinski definition) is 0. The number of fused-ring (bicyclic) bond motifs is 2. The van der Waals surface area contributed by atoms with Gasteiger partial charge in [0.25, 0.3) is 0 Å². The van der Waals surface area contributed by atoms with Crippen LogP contribution in [0.3, 0.4) is 0 Å². The van der Waals surface area contributed by atoms with Gasteiger partial charge in [-0.05, 0) is 38.5 Å². The van der Waals surface area contributed by atoms with E-state index < -0.39 is 0 Å². The Hall–Kier alpha value is -0.465. The van der Waals surface area contributed by atoms with Gasteiger partial charge in [-0.3, -0.25) is 4.79 Å². The van der Waals surface area contributed by atoms with E-state index in [0.29, 0.717) is 23.3 Å². The van der Waals surface area contributed by atoms with Crippen molar-refractivity contribution in [2.45, 2.75) is 89.4 Å². The molecule has 4 fully saturated rings. The average molecular weight is 275 g/mol. The largest absolute Gasteiger partial charge is 0.337 e. The molecule has 1 amide bonds. The monoisotopic (exact) mass is 275 g/mol. The zero-order valence-corrected chi connectivity index (χ0v) is 13.7. The van der Waals surface area contributed by atoms with Crippen molar-refractivity contribution in [3.63, 3.8) is 0 Å². The predicted molar refractivity (Wildman–Crippen MR) is 85.4 cm³/mol. The number of nitrogens with zero attached hydrogens (tertiary/aromatic N) is 1. The van der Waals surface area contributed by atoms with Gasteiger partial charge in [0.2, 0.25) is 5.91 Å². The summed E-state index contributed by atoms with van der Waals surface area (Å²) in [5, 5.41) is 0.653. The second-order valence-corrected chi connectivity index (χ2v) is 8.24. The first-order valence-electron chi connectivity index (χ1n) is 8.76. The molecule has 112 valence electrons. The lowest BCUT2D eigenvalue weighted by atomic mass is 9.25. The molecular weight excluding hydrogens is 245 g/mol. The number of rotatable bonds is 2. The Labute approximate surface area is 124 Å². The van der Waals surface area contributed by atoms with Gasteiger partial charge in [-0.2, -0.15) is 0 Å². The number of amides is 1. The molecule has 4 unspecified atom stereocenters. The van der Waals surface area contributed by atoms with Gasteiger partial charge in [-0.15, -0.1) is 0 Å². The van der Waals surface area contributed by atoms with Crippen LogP contribution in [-0.2, 0) is 4.79 Å². The fraction of sp³-hybridized carbons (Fsp3) is 0.941. The molecule has 1 aliphatic carbocycles. The van der Waals surface area contributed by atoms with E-state index in [1.165, 1.54) is 33.0 Å². The average Bonchev–Trinajstić information content (AvgIpc) is 2.27. The van der Waals surface area contributed by atoms with Crippen LogP contribution in [0.25, 0.3) is 0 Å². The van der Waals surface area contributed by atoms with Gasteiger partial charge >= 0.3 is 0 Å². The van der Waals surface area contributed by atoms with Crippen LogP contribution >= 0.6 is 0 Å². The third-order valence-corrected chi connectivity index (χ3v) is 6.73. The highest BCUT2D eigenvalue weighted by atomic mass is 16.2. The molecule has 0 N–H and O–H groups in total. The molecule has 4 atom stereocenters. The highest BCUT2D eigenvalue weighted by Crippen LogP contribution is 2.63. The van der Waals surface area contributed by atoms with Crippen LogP contribution < -0.4 is 0 Å². The number of piperidine rings is 1. The van der Waals surface area contributed by atoms with E-state index >= 15 is 0 Å². The van der Waals surface area contributed by atoms with E-state index in [9.17, 15) is 4.79 Å².